The second-order valence-electron chi connectivity index (χ2n) is 8.20. The van der Waals surface area contributed by atoms with Crippen molar-refractivity contribution in [1.82, 2.24) is 24.5 Å². The maximum absolute atomic E-state index is 14.2. The number of rotatable bonds is 3. The van der Waals surface area contributed by atoms with E-state index in [1.807, 2.05) is 46.2 Å². The number of hydrogen-bond donors (Lipinski definition) is 0. The van der Waals surface area contributed by atoms with Crippen LogP contribution in [0.1, 0.15) is 16.8 Å². The van der Waals surface area contributed by atoms with E-state index in [-0.39, 0.29) is 11.5 Å². The van der Waals surface area contributed by atoms with Crippen LogP contribution in [0.15, 0.2) is 66.0 Å². The van der Waals surface area contributed by atoms with Crippen LogP contribution in [0, 0.1) is 5.82 Å². The summed E-state index contributed by atoms with van der Waals surface area (Å²) < 4.78 is 16.2. The highest BCUT2D eigenvalue weighted by Crippen LogP contribution is 2.31. The largest absolute Gasteiger partial charge is 0.340 e. The fourth-order valence-corrected chi connectivity index (χ4v) is 5.17. The predicted molar refractivity (Wildman–Crippen MR) is 131 cm³/mol. The first-order valence-corrected chi connectivity index (χ1v) is 12.1. The van der Waals surface area contributed by atoms with Crippen LogP contribution >= 0.6 is 11.3 Å². The number of fused-ring (bicyclic) bond motifs is 3. The summed E-state index contributed by atoms with van der Waals surface area (Å²) in [6.45, 7) is 2.31. The zero-order valence-electron chi connectivity index (χ0n) is 18.3. The fraction of sp³-hybridized carbons (Fsp3) is 0.200. The summed E-state index contributed by atoms with van der Waals surface area (Å²) in [6, 6.07) is 18.1. The first-order valence-electron chi connectivity index (χ1n) is 11.2. The molecule has 0 bridgehead atoms. The smallest absolute Gasteiger partial charge is 0.256 e. The summed E-state index contributed by atoms with van der Waals surface area (Å²) in [7, 11) is 0. The van der Waals surface area contributed by atoms with Crippen molar-refractivity contribution < 1.29 is 9.18 Å². The van der Waals surface area contributed by atoms with Gasteiger partial charge in [0, 0.05) is 31.6 Å². The Kier molecular flexibility index (Phi) is 5.18. The van der Waals surface area contributed by atoms with E-state index in [0.717, 1.165) is 39.6 Å². The Balaban J connectivity index is 1.39. The first kappa shape index (κ1) is 20.7. The molecule has 1 amide bonds. The maximum Gasteiger partial charge on any atom is 0.256 e. The molecule has 1 aliphatic rings. The van der Waals surface area contributed by atoms with Crippen LogP contribution < -0.4 is 4.90 Å². The van der Waals surface area contributed by atoms with Crippen molar-refractivity contribution in [2.45, 2.75) is 6.42 Å². The van der Waals surface area contributed by atoms with E-state index < -0.39 is 5.82 Å². The third-order valence-corrected chi connectivity index (χ3v) is 7.01. The molecular formula is C25H21FN6OS. The minimum atomic E-state index is -0.489. The Labute approximate surface area is 199 Å². The number of nitrogens with zero attached hydrogens (tertiary/aromatic N) is 6. The van der Waals surface area contributed by atoms with E-state index in [1.54, 1.807) is 34.4 Å². The van der Waals surface area contributed by atoms with Crippen LogP contribution in [-0.4, -0.2) is 56.6 Å². The quantitative estimate of drug-likeness (QED) is 0.387. The molecule has 6 rings (SSSR count). The Morgan fingerprint density at radius 1 is 0.912 bits per heavy atom. The highest BCUT2D eigenvalue weighted by Gasteiger charge is 2.26. The van der Waals surface area contributed by atoms with Crippen LogP contribution in [0.4, 0.5) is 10.3 Å². The Morgan fingerprint density at radius 2 is 1.76 bits per heavy atom. The monoisotopic (exact) mass is 472 g/mol. The summed E-state index contributed by atoms with van der Waals surface area (Å²) in [4.78, 5) is 22.9. The highest BCUT2D eigenvalue weighted by molar-refractivity contribution is 7.13. The van der Waals surface area contributed by atoms with Crippen molar-refractivity contribution in [3.05, 3.63) is 77.4 Å². The van der Waals surface area contributed by atoms with Crippen LogP contribution in [-0.2, 0) is 0 Å². The van der Waals surface area contributed by atoms with E-state index in [0.29, 0.717) is 26.2 Å². The zero-order valence-corrected chi connectivity index (χ0v) is 19.1. The molecule has 34 heavy (non-hydrogen) atoms. The number of benzene rings is 2. The summed E-state index contributed by atoms with van der Waals surface area (Å²) in [5.74, 6) is 0.737. The van der Waals surface area contributed by atoms with Gasteiger partial charge in [-0.1, -0.05) is 30.3 Å². The van der Waals surface area contributed by atoms with E-state index >= 15 is 0 Å². The van der Waals surface area contributed by atoms with Gasteiger partial charge in [-0.3, -0.25) is 4.79 Å². The molecule has 0 unspecified atom stereocenters. The molecule has 1 saturated heterocycles. The van der Waals surface area contributed by atoms with Gasteiger partial charge < -0.3 is 9.80 Å². The number of carbonyl (C=O) groups is 1. The number of thiophene rings is 1. The van der Waals surface area contributed by atoms with E-state index in [2.05, 4.69) is 15.1 Å². The van der Waals surface area contributed by atoms with E-state index in [4.69, 9.17) is 4.98 Å². The molecule has 0 saturated carbocycles. The second kappa shape index (κ2) is 8.49. The SMILES string of the molecule is O=C(c1ccccc1F)N1CCCN(c2nc3ccccc3c3nnc(-c4cccs4)n23)CC1. The van der Waals surface area contributed by atoms with Gasteiger partial charge in [-0.25, -0.2) is 13.8 Å². The van der Waals surface area contributed by atoms with Gasteiger partial charge in [0.25, 0.3) is 5.91 Å². The Hall–Kier alpha value is -3.85. The molecule has 0 N–H and O–H groups in total. The number of hydrogen-bond acceptors (Lipinski definition) is 6. The van der Waals surface area contributed by atoms with Crippen molar-refractivity contribution in [3.63, 3.8) is 0 Å². The maximum atomic E-state index is 14.2. The first-order chi connectivity index (χ1) is 16.7. The number of aromatic nitrogens is 4. The molecule has 2 aromatic carbocycles. The van der Waals surface area contributed by atoms with Crippen molar-refractivity contribution in [1.29, 1.82) is 0 Å². The molecule has 5 aromatic rings. The van der Waals surface area contributed by atoms with Crippen molar-refractivity contribution in [3.8, 4) is 10.7 Å². The molecule has 1 aliphatic heterocycles. The number of para-hydroxylation sites is 1. The normalized spacial score (nSPS) is 14.6. The summed E-state index contributed by atoms with van der Waals surface area (Å²) in [6.07, 6.45) is 0.743. The molecule has 0 spiro atoms. The molecule has 0 radical (unpaired) electrons. The summed E-state index contributed by atoms with van der Waals surface area (Å²) >= 11 is 1.61. The number of amides is 1. The molecular weight excluding hydrogens is 451 g/mol. The number of carbonyl (C=O) groups excluding carboxylic acids is 1. The third-order valence-electron chi connectivity index (χ3n) is 6.14. The average molecular weight is 473 g/mol. The third kappa shape index (κ3) is 3.49. The topological polar surface area (TPSA) is 66.6 Å². The second-order valence-corrected chi connectivity index (χ2v) is 9.15. The Bertz CT molecular complexity index is 1500. The molecule has 170 valence electrons. The Morgan fingerprint density at radius 3 is 2.62 bits per heavy atom. The summed E-state index contributed by atoms with van der Waals surface area (Å²) in [5.41, 5.74) is 1.71. The molecule has 1 fully saturated rings. The summed E-state index contributed by atoms with van der Waals surface area (Å²) in [5, 5.41) is 12.0. The molecule has 0 aliphatic carbocycles. The zero-order chi connectivity index (χ0) is 23.1. The fourth-order valence-electron chi connectivity index (χ4n) is 4.47. The van der Waals surface area contributed by atoms with Crippen LogP contribution in [0.25, 0.3) is 27.3 Å². The highest BCUT2D eigenvalue weighted by atomic mass is 32.1. The van der Waals surface area contributed by atoms with Crippen LogP contribution in [0.2, 0.25) is 0 Å². The minimum Gasteiger partial charge on any atom is -0.340 e. The van der Waals surface area contributed by atoms with Crippen molar-refractivity contribution in [2.75, 3.05) is 31.1 Å². The van der Waals surface area contributed by atoms with Gasteiger partial charge >= 0.3 is 0 Å². The lowest BCUT2D eigenvalue weighted by Crippen LogP contribution is -2.36. The molecule has 0 atom stereocenters. The van der Waals surface area contributed by atoms with Crippen LogP contribution in [0.5, 0.6) is 0 Å². The van der Waals surface area contributed by atoms with Gasteiger partial charge in [-0.15, -0.1) is 21.5 Å². The van der Waals surface area contributed by atoms with Gasteiger partial charge in [-0.05, 0) is 42.1 Å². The standard InChI is InChI=1S/C25H21FN6OS/c26-19-9-3-1-7-17(19)24(33)30-12-6-13-31(15-14-30)25-27-20-10-4-2-8-18(20)22-28-29-23(32(22)25)21-11-5-16-34-21/h1-5,7-11,16H,6,12-15H2. The number of halogens is 1. The lowest BCUT2D eigenvalue weighted by Gasteiger charge is -2.24. The van der Waals surface area contributed by atoms with Crippen LogP contribution in [0.3, 0.4) is 0 Å². The van der Waals surface area contributed by atoms with Gasteiger partial charge in [0.15, 0.2) is 11.5 Å². The van der Waals surface area contributed by atoms with Crippen molar-refractivity contribution in [2.24, 2.45) is 0 Å². The van der Waals surface area contributed by atoms with E-state index in [9.17, 15) is 9.18 Å². The molecule has 7 nitrogen and oxygen atoms in total. The molecule has 9 heteroatoms. The van der Waals surface area contributed by atoms with Crippen molar-refractivity contribution >= 4 is 39.7 Å². The lowest BCUT2D eigenvalue weighted by molar-refractivity contribution is 0.0762. The molecule has 3 aromatic heterocycles. The minimum absolute atomic E-state index is 0.112. The number of anilines is 1. The van der Waals surface area contributed by atoms with Gasteiger partial charge in [0.2, 0.25) is 5.95 Å². The predicted octanol–water partition coefficient (Wildman–Crippen LogP) is 4.50. The molecule has 4 heterocycles. The van der Waals surface area contributed by atoms with Gasteiger partial charge in [0.1, 0.15) is 5.82 Å². The van der Waals surface area contributed by atoms with Gasteiger partial charge in [-0.2, -0.15) is 0 Å². The lowest BCUT2D eigenvalue weighted by atomic mass is 10.2. The van der Waals surface area contributed by atoms with E-state index in [1.165, 1.54) is 6.07 Å². The van der Waals surface area contributed by atoms with Gasteiger partial charge in [0.05, 0.1) is 16.0 Å². The average Bonchev–Trinajstić information content (AvgIpc) is 3.48.